The van der Waals surface area contributed by atoms with Gasteiger partial charge in [-0.1, -0.05) is 19.1 Å². The Labute approximate surface area is 118 Å². The van der Waals surface area contributed by atoms with Crippen molar-refractivity contribution >= 4 is 5.82 Å². The predicted molar refractivity (Wildman–Crippen MR) is 76.4 cm³/mol. The van der Waals surface area contributed by atoms with E-state index in [0.717, 1.165) is 11.3 Å². The lowest BCUT2D eigenvalue weighted by Crippen LogP contribution is -2.11. The maximum atomic E-state index is 14.1. The second-order valence-electron chi connectivity index (χ2n) is 4.48. The molecular formula is C15H18FN3O. The second kappa shape index (κ2) is 6.32. The Morgan fingerprint density at radius 2 is 1.95 bits per heavy atom. The number of nitrogens with zero attached hydrogens (tertiary/aromatic N) is 2. The molecule has 0 aliphatic rings. The number of hydrogen-bond donors (Lipinski definition) is 1. The molecule has 0 saturated carbocycles. The number of aromatic nitrogens is 2. The fourth-order valence-corrected chi connectivity index (χ4v) is 1.93. The summed E-state index contributed by atoms with van der Waals surface area (Å²) in [6.45, 7) is 3.82. The quantitative estimate of drug-likeness (QED) is 0.909. The number of halogens is 1. The van der Waals surface area contributed by atoms with Crippen molar-refractivity contribution in [2.45, 2.75) is 26.3 Å². The zero-order valence-electron chi connectivity index (χ0n) is 11.9. The number of nitrogens with one attached hydrogen (secondary N) is 1. The van der Waals surface area contributed by atoms with E-state index in [2.05, 4.69) is 15.3 Å². The molecule has 1 aromatic carbocycles. The number of rotatable bonds is 5. The summed E-state index contributed by atoms with van der Waals surface area (Å²) in [7, 11) is 1.62. The summed E-state index contributed by atoms with van der Waals surface area (Å²) in [6, 6.07) is 7.57. The van der Waals surface area contributed by atoms with Crippen LogP contribution in [0.4, 0.5) is 10.2 Å². The number of hydrogen-bond acceptors (Lipinski definition) is 4. The van der Waals surface area contributed by atoms with E-state index in [1.54, 1.807) is 7.11 Å². The molecule has 5 heteroatoms. The van der Waals surface area contributed by atoms with Crippen LogP contribution in [0.5, 0.6) is 5.75 Å². The minimum absolute atomic E-state index is 0.0602. The Morgan fingerprint density at radius 1 is 1.25 bits per heavy atom. The first-order valence-corrected chi connectivity index (χ1v) is 6.55. The van der Waals surface area contributed by atoms with Gasteiger partial charge in [-0.3, -0.25) is 0 Å². The lowest BCUT2D eigenvalue weighted by Gasteiger charge is -2.16. The molecule has 1 aromatic heterocycles. The summed E-state index contributed by atoms with van der Waals surface area (Å²) in [5.74, 6) is 0.651. The topological polar surface area (TPSA) is 47.0 Å². The van der Waals surface area contributed by atoms with Gasteiger partial charge in [-0.2, -0.15) is 0 Å². The fourth-order valence-electron chi connectivity index (χ4n) is 1.93. The summed E-state index contributed by atoms with van der Waals surface area (Å²) in [5.41, 5.74) is 1.45. The Hall–Kier alpha value is -2.17. The van der Waals surface area contributed by atoms with Gasteiger partial charge in [-0.15, -0.1) is 0 Å². The van der Waals surface area contributed by atoms with Crippen LogP contribution < -0.4 is 10.1 Å². The SMILES string of the molecule is CCc1ncnc(NC(C)c2ccc(OC)cc2)c1F. The second-order valence-corrected chi connectivity index (χ2v) is 4.48. The van der Waals surface area contributed by atoms with Gasteiger partial charge < -0.3 is 10.1 Å². The minimum Gasteiger partial charge on any atom is -0.497 e. The summed E-state index contributed by atoms with van der Waals surface area (Å²) in [6.07, 6.45) is 1.92. The predicted octanol–water partition coefficient (Wildman–Crippen LogP) is 3.36. The third-order valence-corrected chi connectivity index (χ3v) is 3.17. The largest absolute Gasteiger partial charge is 0.497 e. The maximum absolute atomic E-state index is 14.1. The van der Waals surface area contributed by atoms with Gasteiger partial charge in [0.05, 0.1) is 18.8 Å². The third-order valence-electron chi connectivity index (χ3n) is 3.17. The van der Waals surface area contributed by atoms with Gasteiger partial charge in [-0.05, 0) is 31.0 Å². The highest BCUT2D eigenvalue weighted by molar-refractivity contribution is 5.41. The molecule has 0 amide bonds. The van der Waals surface area contributed by atoms with E-state index in [1.165, 1.54) is 6.33 Å². The molecule has 1 unspecified atom stereocenters. The van der Waals surface area contributed by atoms with Crippen LogP contribution in [-0.2, 0) is 6.42 Å². The molecule has 0 fully saturated rings. The Balaban J connectivity index is 2.16. The Morgan fingerprint density at radius 3 is 2.55 bits per heavy atom. The highest BCUT2D eigenvalue weighted by atomic mass is 19.1. The van der Waals surface area contributed by atoms with E-state index >= 15 is 0 Å². The van der Waals surface area contributed by atoms with Gasteiger partial charge in [0.2, 0.25) is 0 Å². The van der Waals surface area contributed by atoms with Crippen molar-refractivity contribution in [2.24, 2.45) is 0 Å². The molecule has 0 radical (unpaired) electrons. The highest BCUT2D eigenvalue weighted by Gasteiger charge is 2.13. The Kier molecular flexibility index (Phi) is 4.50. The number of methoxy groups -OCH3 is 1. The maximum Gasteiger partial charge on any atom is 0.186 e. The van der Waals surface area contributed by atoms with Gasteiger partial charge in [0.15, 0.2) is 11.6 Å². The van der Waals surface area contributed by atoms with Gasteiger partial charge in [0, 0.05) is 0 Å². The average Bonchev–Trinajstić information content (AvgIpc) is 2.49. The minimum atomic E-state index is -0.379. The smallest absolute Gasteiger partial charge is 0.186 e. The molecule has 2 rings (SSSR count). The summed E-state index contributed by atoms with van der Waals surface area (Å²) >= 11 is 0. The molecule has 0 saturated heterocycles. The number of benzene rings is 1. The van der Waals surface area contributed by atoms with Gasteiger partial charge in [0.25, 0.3) is 0 Å². The first-order valence-electron chi connectivity index (χ1n) is 6.55. The van der Waals surface area contributed by atoms with Crippen molar-refractivity contribution < 1.29 is 9.13 Å². The van der Waals surface area contributed by atoms with Crippen molar-refractivity contribution in [3.05, 3.63) is 47.7 Å². The molecule has 0 bridgehead atoms. The number of ether oxygens (including phenoxy) is 1. The molecular weight excluding hydrogens is 257 g/mol. The number of aryl methyl sites for hydroxylation is 1. The lowest BCUT2D eigenvalue weighted by atomic mass is 10.1. The molecule has 0 aliphatic carbocycles. The van der Waals surface area contributed by atoms with Crippen LogP contribution in [0.3, 0.4) is 0 Å². The molecule has 1 atom stereocenters. The van der Waals surface area contributed by atoms with E-state index in [-0.39, 0.29) is 17.7 Å². The van der Waals surface area contributed by atoms with Crippen molar-refractivity contribution in [3.8, 4) is 5.75 Å². The monoisotopic (exact) mass is 275 g/mol. The fraction of sp³-hybridized carbons (Fsp3) is 0.333. The van der Waals surface area contributed by atoms with Crippen LogP contribution in [0.25, 0.3) is 0 Å². The average molecular weight is 275 g/mol. The van der Waals surface area contributed by atoms with Crippen LogP contribution in [0.2, 0.25) is 0 Å². The van der Waals surface area contributed by atoms with E-state index in [4.69, 9.17) is 4.74 Å². The molecule has 0 spiro atoms. The summed E-state index contributed by atoms with van der Waals surface area (Å²) in [5, 5.41) is 3.07. The molecule has 106 valence electrons. The molecule has 1 N–H and O–H groups in total. The summed E-state index contributed by atoms with van der Waals surface area (Å²) < 4.78 is 19.2. The van der Waals surface area contributed by atoms with Crippen LogP contribution in [-0.4, -0.2) is 17.1 Å². The van der Waals surface area contributed by atoms with Crippen LogP contribution in [0, 0.1) is 5.82 Å². The highest BCUT2D eigenvalue weighted by Crippen LogP contribution is 2.22. The first-order chi connectivity index (χ1) is 9.65. The van der Waals surface area contributed by atoms with Gasteiger partial charge in [-0.25, -0.2) is 14.4 Å². The van der Waals surface area contributed by atoms with Crippen molar-refractivity contribution in [1.82, 2.24) is 9.97 Å². The molecule has 4 nitrogen and oxygen atoms in total. The standard InChI is InChI=1S/C15H18FN3O/c1-4-13-14(16)15(18-9-17-13)19-10(2)11-5-7-12(20-3)8-6-11/h5-10H,4H2,1-3H3,(H,17,18,19). The number of anilines is 1. The van der Waals surface area contributed by atoms with Crippen LogP contribution in [0.15, 0.2) is 30.6 Å². The Bertz CT molecular complexity index is 572. The molecule has 2 aromatic rings. The molecule has 1 heterocycles. The normalized spacial score (nSPS) is 12.0. The molecule has 0 aliphatic heterocycles. The zero-order valence-corrected chi connectivity index (χ0v) is 11.9. The van der Waals surface area contributed by atoms with Gasteiger partial charge >= 0.3 is 0 Å². The van der Waals surface area contributed by atoms with Crippen LogP contribution >= 0.6 is 0 Å². The lowest BCUT2D eigenvalue weighted by molar-refractivity contribution is 0.414. The zero-order chi connectivity index (χ0) is 14.5. The van der Waals surface area contributed by atoms with Crippen molar-refractivity contribution in [2.75, 3.05) is 12.4 Å². The van der Waals surface area contributed by atoms with Crippen molar-refractivity contribution in [1.29, 1.82) is 0 Å². The van der Waals surface area contributed by atoms with Crippen LogP contribution in [0.1, 0.15) is 31.1 Å². The van der Waals surface area contributed by atoms with E-state index in [1.807, 2.05) is 38.1 Å². The molecule has 20 heavy (non-hydrogen) atoms. The van der Waals surface area contributed by atoms with Crippen molar-refractivity contribution in [3.63, 3.8) is 0 Å². The first kappa shape index (κ1) is 14.2. The third kappa shape index (κ3) is 3.04. The van der Waals surface area contributed by atoms with Gasteiger partial charge in [0.1, 0.15) is 12.1 Å². The summed E-state index contributed by atoms with van der Waals surface area (Å²) in [4.78, 5) is 7.88. The van der Waals surface area contributed by atoms with E-state index < -0.39 is 0 Å². The van der Waals surface area contributed by atoms with E-state index in [0.29, 0.717) is 12.1 Å². The van der Waals surface area contributed by atoms with E-state index in [9.17, 15) is 4.39 Å².